The smallest absolute Gasteiger partial charge is 0.343 e. The molecule has 0 bridgehead atoms. The Bertz CT molecular complexity index is 628. The zero-order valence-corrected chi connectivity index (χ0v) is 13.1. The summed E-state index contributed by atoms with van der Waals surface area (Å²) < 4.78 is 11.3. The van der Waals surface area contributed by atoms with E-state index < -0.39 is 5.97 Å². The van der Waals surface area contributed by atoms with Crippen LogP contribution >= 0.6 is 27.5 Å². The summed E-state index contributed by atoms with van der Waals surface area (Å²) in [6, 6.07) is 11.9. The SMILES string of the molecule is CCOc1ccc(C(=O)Oc2ccccc2Cl)cc1Br. The number of hydrogen-bond donors (Lipinski definition) is 0. The van der Waals surface area contributed by atoms with Crippen molar-refractivity contribution in [3.05, 3.63) is 57.5 Å². The Morgan fingerprint density at radius 2 is 1.95 bits per heavy atom. The van der Waals surface area contributed by atoms with Gasteiger partial charge in [0, 0.05) is 0 Å². The third kappa shape index (κ3) is 3.52. The summed E-state index contributed by atoms with van der Waals surface area (Å²) in [6.45, 7) is 2.45. The minimum absolute atomic E-state index is 0.337. The van der Waals surface area contributed by atoms with Crippen molar-refractivity contribution in [2.24, 2.45) is 0 Å². The number of halogens is 2. The first-order chi connectivity index (χ1) is 9.61. The lowest BCUT2D eigenvalue weighted by molar-refractivity contribution is 0.0735. The summed E-state index contributed by atoms with van der Waals surface area (Å²) in [6.07, 6.45) is 0. The zero-order chi connectivity index (χ0) is 14.5. The van der Waals surface area contributed by atoms with E-state index in [1.165, 1.54) is 0 Å². The highest BCUT2D eigenvalue weighted by atomic mass is 79.9. The average Bonchev–Trinajstić information content (AvgIpc) is 2.43. The largest absolute Gasteiger partial charge is 0.493 e. The van der Waals surface area contributed by atoms with Gasteiger partial charge in [0.1, 0.15) is 11.5 Å². The number of ether oxygens (including phenoxy) is 2. The minimum atomic E-state index is -0.471. The van der Waals surface area contributed by atoms with Gasteiger partial charge >= 0.3 is 5.97 Å². The molecule has 0 saturated carbocycles. The van der Waals surface area contributed by atoms with E-state index in [1.54, 1.807) is 42.5 Å². The fourth-order valence-electron chi connectivity index (χ4n) is 1.59. The molecule has 0 aliphatic carbocycles. The Hall–Kier alpha value is -1.52. The van der Waals surface area contributed by atoms with Crippen LogP contribution in [0.4, 0.5) is 0 Å². The van der Waals surface area contributed by atoms with Gasteiger partial charge in [0.25, 0.3) is 0 Å². The topological polar surface area (TPSA) is 35.5 Å². The fourth-order valence-corrected chi connectivity index (χ4v) is 2.25. The van der Waals surface area contributed by atoms with Gasteiger partial charge in [-0.3, -0.25) is 0 Å². The molecule has 5 heteroatoms. The van der Waals surface area contributed by atoms with Crippen molar-refractivity contribution in [2.75, 3.05) is 6.61 Å². The van der Waals surface area contributed by atoms with Crippen molar-refractivity contribution in [3.8, 4) is 11.5 Å². The van der Waals surface area contributed by atoms with Crippen LogP contribution in [0.1, 0.15) is 17.3 Å². The molecule has 0 radical (unpaired) electrons. The molecule has 0 saturated heterocycles. The van der Waals surface area contributed by atoms with Gasteiger partial charge in [-0.1, -0.05) is 23.7 Å². The summed E-state index contributed by atoms with van der Waals surface area (Å²) >= 11 is 9.30. The minimum Gasteiger partial charge on any atom is -0.493 e. The lowest BCUT2D eigenvalue weighted by Crippen LogP contribution is -2.09. The number of benzene rings is 2. The Kier molecular flexibility index (Phi) is 5.04. The predicted octanol–water partition coefficient (Wildman–Crippen LogP) is 4.72. The van der Waals surface area contributed by atoms with Gasteiger partial charge in [0.05, 0.1) is 21.7 Å². The van der Waals surface area contributed by atoms with Crippen LogP contribution in [-0.2, 0) is 0 Å². The number of para-hydroxylation sites is 1. The van der Waals surface area contributed by atoms with Crippen molar-refractivity contribution in [3.63, 3.8) is 0 Å². The molecular formula is C15H12BrClO3. The van der Waals surface area contributed by atoms with Gasteiger partial charge in [-0.15, -0.1) is 0 Å². The van der Waals surface area contributed by atoms with Gasteiger partial charge in [-0.05, 0) is 53.2 Å². The van der Waals surface area contributed by atoms with E-state index in [-0.39, 0.29) is 0 Å². The number of rotatable bonds is 4. The van der Waals surface area contributed by atoms with Crippen LogP contribution in [0, 0.1) is 0 Å². The number of esters is 1. The maximum absolute atomic E-state index is 12.0. The second kappa shape index (κ2) is 6.77. The first-order valence-electron chi connectivity index (χ1n) is 6.01. The van der Waals surface area contributed by atoms with Crippen LogP contribution < -0.4 is 9.47 Å². The van der Waals surface area contributed by atoms with Crippen molar-refractivity contribution in [2.45, 2.75) is 6.92 Å². The Morgan fingerprint density at radius 3 is 2.60 bits per heavy atom. The highest BCUT2D eigenvalue weighted by Gasteiger charge is 2.12. The van der Waals surface area contributed by atoms with E-state index in [9.17, 15) is 4.79 Å². The number of carbonyl (C=O) groups is 1. The summed E-state index contributed by atoms with van der Waals surface area (Å²) in [4.78, 5) is 12.0. The molecule has 0 aliphatic rings. The maximum Gasteiger partial charge on any atom is 0.343 e. The predicted molar refractivity (Wildman–Crippen MR) is 81.7 cm³/mol. The van der Waals surface area contributed by atoms with Crippen LogP contribution in [0.15, 0.2) is 46.9 Å². The van der Waals surface area contributed by atoms with E-state index in [4.69, 9.17) is 21.1 Å². The maximum atomic E-state index is 12.0. The molecular weight excluding hydrogens is 344 g/mol. The number of hydrogen-bond acceptors (Lipinski definition) is 3. The van der Waals surface area contributed by atoms with Crippen molar-refractivity contribution >= 4 is 33.5 Å². The molecule has 0 spiro atoms. The van der Waals surface area contributed by atoms with Gasteiger partial charge in [0.15, 0.2) is 0 Å². The molecule has 0 N–H and O–H groups in total. The average molecular weight is 356 g/mol. The molecule has 0 aliphatic heterocycles. The van der Waals surface area contributed by atoms with Crippen LogP contribution in [0.3, 0.4) is 0 Å². The molecule has 0 atom stereocenters. The Balaban J connectivity index is 2.18. The monoisotopic (exact) mass is 354 g/mol. The van der Waals surface area contributed by atoms with E-state index >= 15 is 0 Å². The van der Waals surface area contributed by atoms with Crippen molar-refractivity contribution < 1.29 is 14.3 Å². The summed E-state index contributed by atoms with van der Waals surface area (Å²) in [5.41, 5.74) is 0.417. The third-order valence-corrected chi connectivity index (χ3v) is 3.44. The van der Waals surface area contributed by atoms with Crippen molar-refractivity contribution in [1.29, 1.82) is 0 Å². The Labute approximate surface area is 130 Å². The molecule has 3 nitrogen and oxygen atoms in total. The molecule has 0 heterocycles. The first kappa shape index (κ1) is 14.9. The van der Waals surface area contributed by atoms with Crippen LogP contribution in [-0.4, -0.2) is 12.6 Å². The molecule has 0 fully saturated rings. The first-order valence-corrected chi connectivity index (χ1v) is 7.18. The fraction of sp³-hybridized carbons (Fsp3) is 0.133. The molecule has 20 heavy (non-hydrogen) atoms. The highest BCUT2D eigenvalue weighted by molar-refractivity contribution is 9.10. The normalized spacial score (nSPS) is 10.2. The van der Waals surface area contributed by atoms with E-state index in [0.717, 1.165) is 0 Å². The van der Waals surface area contributed by atoms with Crippen LogP contribution in [0.5, 0.6) is 11.5 Å². The van der Waals surface area contributed by atoms with Gasteiger partial charge < -0.3 is 9.47 Å². The molecule has 0 unspecified atom stereocenters. The van der Waals surface area contributed by atoms with E-state index in [1.807, 2.05) is 6.92 Å². The molecule has 0 amide bonds. The zero-order valence-electron chi connectivity index (χ0n) is 10.7. The highest BCUT2D eigenvalue weighted by Crippen LogP contribution is 2.28. The molecule has 2 aromatic rings. The van der Waals surface area contributed by atoms with E-state index in [2.05, 4.69) is 15.9 Å². The van der Waals surface area contributed by atoms with E-state index in [0.29, 0.717) is 33.2 Å². The Morgan fingerprint density at radius 1 is 1.20 bits per heavy atom. The molecule has 2 rings (SSSR count). The van der Waals surface area contributed by atoms with Crippen LogP contribution in [0.25, 0.3) is 0 Å². The van der Waals surface area contributed by atoms with Crippen molar-refractivity contribution in [1.82, 2.24) is 0 Å². The molecule has 0 aromatic heterocycles. The standard InChI is InChI=1S/C15H12BrClO3/c1-2-19-13-8-7-10(9-11(13)16)15(18)20-14-6-4-3-5-12(14)17/h3-9H,2H2,1H3. The molecule has 104 valence electrons. The second-order valence-electron chi connectivity index (χ2n) is 3.90. The van der Waals surface area contributed by atoms with Gasteiger partial charge in [0.2, 0.25) is 0 Å². The lowest BCUT2D eigenvalue weighted by atomic mass is 10.2. The quantitative estimate of drug-likeness (QED) is 0.588. The third-order valence-electron chi connectivity index (χ3n) is 2.51. The second-order valence-corrected chi connectivity index (χ2v) is 5.16. The lowest BCUT2D eigenvalue weighted by Gasteiger charge is -2.09. The summed E-state index contributed by atoms with van der Waals surface area (Å²) in [5.74, 6) is 0.549. The van der Waals surface area contributed by atoms with Gasteiger partial charge in [-0.2, -0.15) is 0 Å². The summed E-state index contributed by atoms with van der Waals surface area (Å²) in [7, 11) is 0. The molecule has 2 aromatic carbocycles. The number of carbonyl (C=O) groups excluding carboxylic acids is 1. The summed E-state index contributed by atoms with van der Waals surface area (Å²) in [5, 5.41) is 0.394. The van der Waals surface area contributed by atoms with Gasteiger partial charge in [-0.25, -0.2) is 4.79 Å². The van der Waals surface area contributed by atoms with Crippen LogP contribution in [0.2, 0.25) is 5.02 Å².